The number of aryl methyl sites for hydroxylation is 3. The highest BCUT2D eigenvalue weighted by molar-refractivity contribution is 7.13. The van der Waals surface area contributed by atoms with E-state index in [0.29, 0.717) is 11.6 Å². The summed E-state index contributed by atoms with van der Waals surface area (Å²) >= 11 is 1.45. The molecule has 1 heterocycles. The molecular formula is C19H26N4O3S. The Labute approximate surface area is 163 Å². The van der Waals surface area contributed by atoms with Crippen molar-refractivity contribution in [2.75, 3.05) is 5.73 Å². The zero-order valence-corrected chi connectivity index (χ0v) is 16.7. The molecule has 0 spiro atoms. The molecule has 1 aromatic heterocycles. The maximum Gasteiger partial charge on any atom is 0.426 e. The summed E-state index contributed by atoms with van der Waals surface area (Å²) in [5.41, 5.74) is 12.9. The summed E-state index contributed by atoms with van der Waals surface area (Å²) in [5.74, 6) is -0.272. The minimum Gasteiger partial charge on any atom is -0.443 e. The number of carbonyl (C=O) groups is 2. The molecule has 0 atom stereocenters. The number of benzene rings is 1. The smallest absolute Gasteiger partial charge is 0.426 e. The van der Waals surface area contributed by atoms with Crippen LogP contribution in [0.2, 0.25) is 0 Å². The van der Waals surface area contributed by atoms with E-state index in [4.69, 9.17) is 10.5 Å². The van der Waals surface area contributed by atoms with Gasteiger partial charge in [-0.1, -0.05) is 24.3 Å². The van der Waals surface area contributed by atoms with Gasteiger partial charge >= 0.3 is 6.09 Å². The van der Waals surface area contributed by atoms with Gasteiger partial charge < -0.3 is 10.5 Å². The normalized spacial score (nSPS) is 11.1. The molecule has 0 saturated heterocycles. The fourth-order valence-electron chi connectivity index (χ4n) is 2.33. The van der Waals surface area contributed by atoms with Crippen LogP contribution in [-0.4, -0.2) is 22.6 Å². The third-order valence-corrected chi connectivity index (χ3v) is 4.33. The minimum atomic E-state index is -0.679. The lowest BCUT2D eigenvalue weighted by Crippen LogP contribution is -2.44. The van der Waals surface area contributed by atoms with Gasteiger partial charge in [0.2, 0.25) is 5.91 Å². The standard InChI is InChI=1S/C19H26N4O3S/c1-19(2,3)26-18(25)23-22-16(24)11-9-14-6-4-13(5-7-14)8-10-15-12-27-17(20)21-15/h4-7,12H,8-11H2,1-3H3,(H2,20,21)(H,22,24)(H,23,25). The average Bonchev–Trinajstić information content (AvgIpc) is 3.01. The van der Waals surface area contributed by atoms with E-state index in [1.54, 1.807) is 20.8 Å². The molecule has 0 aliphatic rings. The first-order valence-corrected chi connectivity index (χ1v) is 9.65. The van der Waals surface area contributed by atoms with Gasteiger partial charge in [-0.25, -0.2) is 15.2 Å². The molecule has 0 fully saturated rings. The molecule has 2 aromatic rings. The molecule has 0 aliphatic carbocycles. The van der Waals surface area contributed by atoms with E-state index in [1.165, 1.54) is 16.9 Å². The van der Waals surface area contributed by atoms with E-state index in [1.807, 2.05) is 17.5 Å². The van der Waals surface area contributed by atoms with Gasteiger partial charge in [0.1, 0.15) is 5.60 Å². The highest BCUT2D eigenvalue weighted by Crippen LogP contribution is 2.14. The number of hydrogen-bond donors (Lipinski definition) is 3. The second-order valence-electron chi connectivity index (χ2n) is 7.17. The Morgan fingerprint density at radius 3 is 2.26 bits per heavy atom. The fraction of sp³-hybridized carbons (Fsp3) is 0.421. The van der Waals surface area contributed by atoms with Crippen molar-refractivity contribution in [3.05, 3.63) is 46.5 Å². The first-order valence-electron chi connectivity index (χ1n) is 8.77. The van der Waals surface area contributed by atoms with Crippen LogP contribution in [0, 0.1) is 0 Å². The highest BCUT2D eigenvalue weighted by Gasteiger charge is 2.16. The topological polar surface area (TPSA) is 106 Å². The summed E-state index contributed by atoms with van der Waals surface area (Å²) < 4.78 is 5.04. The molecule has 7 nitrogen and oxygen atoms in total. The Kier molecular flexibility index (Phi) is 7.18. The number of ether oxygens (including phenoxy) is 1. The molecule has 146 valence electrons. The van der Waals surface area contributed by atoms with Crippen molar-refractivity contribution in [3.8, 4) is 0 Å². The van der Waals surface area contributed by atoms with Gasteiger partial charge in [0.15, 0.2) is 5.13 Å². The Morgan fingerprint density at radius 1 is 1.07 bits per heavy atom. The molecule has 0 unspecified atom stereocenters. The summed E-state index contributed by atoms with van der Waals surface area (Å²) in [4.78, 5) is 27.6. The number of hydrazine groups is 1. The van der Waals surface area contributed by atoms with Crippen molar-refractivity contribution in [1.82, 2.24) is 15.8 Å². The molecule has 2 amide bonds. The number of nitrogen functional groups attached to an aromatic ring is 1. The van der Waals surface area contributed by atoms with Crippen LogP contribution in [0.25, 0.3) is 0 Å². The number of nitrogens with zero attached hydrogens (tertiary/aromatic N) is 1. The number of amides is 2. The van der Waals surface area contributed by atoms with Gasteiger partial charge in [-0.3, -0.25) is 10.2 Å². The zero-order valence-electron chi connectivity index (χ0n) is 15.9. The number of nitrogens with two attached hydrogens (primary N) is 1. The van der Waals surface area contributed by atoms with Crippen LogP contribution in [0.3, 0.4) is 0 Å². The molecule has 0 radical (unpaired) electrons. The summed E-state index contributed by atoms with van der Waals surface area (Å²) in [7, 11) is 0. The fourth-order valence-corrected chi connectivity index (χ4v) is 2.92. The first kappa shape index (κ1) is 20.7. The molecular weight excluding hydrogens is 364 g/mol. The van der Waals surface area contributed by atoms with E-state index in [9.17, 15) is 9.59 Å². The number of carbonyl (C=O) groups excluding carboxylic acids is 2. The largest absolute Gasteiger partial charge is 0.443 e. The van der Waals surface area contributed by atoms with Gasteiger partial charge in [-0.05, 0) is 51.2 Å². The Balaban J connectivity index is 1.69. The lowest BCUT2D eigenvalue weighted by molar-refractivity contribution is -0.122. The second kappa shape index (κ2) is 9.36. The molecule has 0 aliphatic heterocycles. The molecule has 4 N–H and O–H groups in total. The molecule has 8 heteroatoms. The lowest BCUT2D eigenvalue weighted by Gasteiger charge is -2.19. The van der Waals surface area contributed by atoms with E-state index < -0.39 is 11.7 Å². The van der Waals surface area contributed by atoms with Crippen molar-refractivity contribution in [2.45, 2.75) is 52.1 Å². The maximum atomic E-state index is 11.8. The second-order valence-corrected chi connectivity index (χ2v) is 8.06. The summed E-state index contributed by atoms with van der Waals surface area (Å²) in [6.45, 7) is 5.26. The number of anilines is 1. The van der Waals surface area contributed by atoms with Crippen molar-refractivity contribution in [2.24, 2.45) is 0 Å². The Morgan fingerprint density at radius 2 is 1.70 bits per heavy atom. The van der Waals surface area contributed by atoms with Gasteiger partial charge in [-0.2, -0.15) is 0 Å². The lowest BCUT2D eigenvalue weighted by atomic mass is 10.0. The molecule has 0 saturated carbocycles. The molecule has 2 rings (SSSR count). The van der Waals surface area contributed by atoms with Gasteiger partial charge in [-0.15, -0.1) is 11.3 Å². The van der Waals surface area contributed by atoms with Crippen molar-refractivity contribution < 1.29 is 14.3 Å². The van der Waals surface area contributed by atoms with E-state index in [2.05, 4.69) is 28.0 Å². The monoisotopic (exact) mass is 390 g/mol. The molecule has 27 heavy (non-hydrogen) atoms. The van der Waals surface area contributed by atoms with Gasteiger partial charge in [0, 0.05) is 11.8 Å². The SMILES string of the molecule is CC(C)(C)OC(=O)NNC(=O)CCc1ccc(CCc2csc(N)n2)cc1. The number of nitrogens with one attached hydrogen (secondary N) is 2. The number of thiazole rings is 1. The Hall–Kier alpha value is -2.61. The quantitative estimate of drug-likeness (QED) is 0.658. The van der Waals surface area contributed by atoms with Crippen LogP contribution in [0.5, 0.6) is 0 Å². The summed E-state index contributed by atoms with van der Waals surface area (Å²) in [5, 5.41) is 2.58. The van der Waals surface area contributed by atoms with Crippen LogP contribution in [0.1, 0.15) is 44.0 Å². The van der Waals surface area contributed by atoms with Gasteiger partial charge in [0.05, 0.1) is 5.69 Å². The third kappa shape index (κ3) is 8.08. The summed E-state index contributed by atoms with van der Waals surface area (Å²) in [6.07, 6.45) is 1.93. The average molecular weight is 391 g/mol. The van der Waals surface area contributed by atoms with E-state index in [0.717, 1.165) is 24.1 Å². The number of aromatic nitrogens is 1. The minimum absolute atomic E-state index is 0.271. The number of rotatable bonds is 6. The van der Waals surface area contributed by atoms with Crippen molar-refractivity contribution in [1.29, 1.82) is 0 Å². The predicted octanol–water partition coefficient (Wildman–Crippen LogP) is 3.00. The highest BCUT2D eigenvalue weighted by atomic mass is 32.1. The molecule has 1 aromatic carbocycles. The summed E-state index contributed by atoms with van der Waals surface area (Å²) in [6, 6.07) is 8.14. The van der Waals surface area contributed by atoms with Crippen LogP contribution in [0.4, 0.5) is 9.93 Å². The van der Waals surface area contributed by atoms with Gasteiger partial charge in [0.25, 0.3) is 0 Å². The molecule has 0 bridgehead atoms. The zero-order chi connectivity index (χ0) is 19.9. The predicted molar refractivity (Wildman–Crippen MR) is 106 cm³/mol. The van der Waals surface area contributed by atoms with Crippen LogP contribution in [0.15, 0.2) is 29.6 Å². The van der Waals surface area contributed by atoms with Crippen molar-refractivity contribution in [3.63, 3.8) is 0 Å². The first-order chi connectivity index (χ1) is 12.7. The maximum absolute atomic E-state index is 11.8. The van der Waals surface area contributed by atoms with Crippen LogP contribution < -0.4 is 16.6 Å². The van der Waals surface area contributed by atoms with Crippen LogP contribution in [-0.2, 0) is 28.8 Å². The third-order valence-electron chi connectivity index (χ3n) is 3.61. The van der Waals surface area contributed by atoms with E-state index in [-0.39, 0.29) is 12.3 Å². The van der Waals surface area contributed by atoms with E-state index >= 15 is 0 Å². The van der Waals surface area contributed by atoms with Crippen LogP contribution >= 0.6 is 11.3 Å². The number of hydrogen-bond acceptors (Lipinski definition) is 6. The van der Waals surface area contributed by atoms with Crippen molar-refractivity contribution >= 4 is 28.5 Å². The Bertz CT molecular complexity index is 766.